The second-order valence-electron chi connectivity index (χ2n) is 6.65. The Morgan fingerprint density at radius 3 is 2.60 bits per heavy atom. The molecule has 2 fully saturated rings. The number of rotatable bonds is 3. The summed E-state index contributed by atoms with van der Waals surface area (Å²) in [5.41, 5.74) is -0.782. The summed E-state index contributed by atoms with van der Waals surface area (Å²) in [7, 11) is 0. The molecule has 0 unspecified atom stereocenters. The number of ether oxygens (including phenoxy) is 1. The van der Waals surface area contributed by atoms with Crippen LogP contribution in [0, 0.1) is 17.6 Å². The predicted octanol–water partition coefficient (Wildman–Crippen LogP) is 3.10. The number of hydrogen-bond acceptors (Lipinski definition) is 4. The van der Waals surface area contributed by atoms with Gasteiger partial charge in [-0.1, -0.05) is 12.5 Å². The molecule has 0 spiro atoms. The first kappa shape index (κ1) is 17.8. The van der Waals surface area contributed by atoms with Crippen LogP contribution in [0.3, 0.4) is 0 Å². The number of halogens is 2. The second kappa shape index (κ2) is 7.91. The van der Waals surface area contributed by atoms with Gasteiger partial charge in [0.15, 0.2) is 0 Å². The number of nitrogens with zero attached hydrogens (tertiary/aromatic N) is 1. The van der Waals surface area contributed by atoms with Crippen molar-refractivity contribution in [1.29, 1.82) is 0 Å². The van der Waals surface area contributed by atoms with Gasteiger partial charge in [0.1, 0.15) is 17.2 Å². The standard InChI is InChI=1S/C18H22F2N2O3/c19-13-6-3-7-14(20)16(13)17(23)21-18(24)25-11-12-5-4-10-22-9-2-1-8-15(12)22/h3,6-7,12,15H,1-2,4-5,8-11H2,(H,21,23,24)/t12-,15+/m1/s1. The number of carbonyl (C=O) groups excluding carboxylic acids is 2. The molecule has 1 aromatic carbocycles. The number of nitrogens with one attached hydrogen (secondary N) is 1. The first-order chi connectivity index (χ1) is 12.1. The van der Waals surface area contributed by atoms with E-state index < -0.39 is 29.2 Å². The molecule has 2 aliphatic rings. The Labute approximate surface area is 145 Å². The molecule has 1 aromatic rings. The summed E-state index contributed by atoms with van der Waals surface area (Å²) in [6, 6.07) is 3.49. The third-order valence-electron chi connectivity index (χ3n) is 5.06. The highest BCUT2D eigenvalue weighted by atomic mass is 19.1. The maximum Gasteiger partial charge on any atom is 0.414 e. The molecule has 2 saturated heterocycles. The summed E-state index contributed by atoms with van der Waals surface area (Å²) in [5, 5.41) is 1.90. The third-order valence-corrected chi connectivity index (χ3v) is 5.06. The van der Waals surface area contributed by atoms with Crippen LogP contribution < -0.4 is 5.32 Å². The van der Waals surface area contributed by atoms with Crippen LogP contribution in [0.2, 0.25) is 0 Å². The number of hydrogen-bond donors (Lipinski definition) is 1. The number of imide groups is 1. The summed E-state index contributed by atoms with van der Waals surface area (Å²) < 4.78 is 32.3. The molecule has 2 heterocycles. The Hall–Kier alpha value is -2.02. The molecule has 1 N–H and O–H groups in total. The number of alkyl carbamates (subject to hydrolysis) is 1. The van der Waals surface area contributed by atoms with E-state index in [1.807, 2.05) is 5.32 Å². The molecule has 3 rings (SSSR count). The van der Waals surface area contributed by atoms with Crippen molar-refractivity contribution in [2.24, 2.45) is 5.92 Å². The van der Waals surface area contributed by atoms with Crippen LogP contribution in [0.4, 0.5) is 13.6 Å². The van der Waals surface area contributed by atoms with E-state index in [9.17, 15) is 18.4 Å². The van der Waals surface area contributed by atoms with Crippen molar-refractivity contribution in [3.05, 3.63) is 35.4 Å². The summed E-state index contributed by atoms with van der Waals surface area (Å²) >= 11 is 0. The van der Waals surface area contributed by atoms with E-state index in [4.69, 9.17) is 4.74 Å². The third kappa shape index (κ3) is 4.15. The highest BCUT2D eigenvalue weighted by Crippen LogP contribution is 2.30. The molecular weight excluding hydrogens is 330 g/mol. The molecule has 0 bridgehead atoms. The topological polar surface area (TPSA) is 58.6 Å². The number of carbonyl (C=O) groups is 2. The van der Waals surface area contributed by atoms with E-state index in [-0.39, 0.29) is 12.5 Å². The Bertz CT molecular complexity index is 631. The maximum atomic E-state index is 13.6. The number of benzene rings is 1. The lowest BCUT2D eigenvalue weighted by molar-refractivity contribution is 0.0234. The lowest BCUT2D eigenvalue weighted by atomic mass is 9.84. The van der Waals surface area contributed by atoms with Gasteiger partial charge < -0.3 is 4.74 Å². The first-order valence-electron chi connectivity index (χ1n) is 8.72. The van der Waals surface area contributed by atoms with E-state index in [1.165, 1.54) is 12.8 Å². The molecule has 0 aromatic heterocycles. The van der Waals surface area contributed by atoms with Gasteiger partial charge in [0.25, 0.3) is 5.91 Å². The molecule has 7 heteroatoms. The van der Waals surface area contributed by atoms with E-state index in [0.717, 1.165) is 50.6 Å². The largest absolute Gasteiger partial charge is 0.449 e. The van der Waals surface area contributed by atoms with E-state index in [1.54, 1.807) is 0 Å². The van der Waals surface area contributed by atoms with Crippen LogP contribution in [0.15, 0.2) is 18.2 Å². The van der Waals surface area contributed by atoms with Gasteiger partial charge in [0.05, 0.1) is 6.61 Å². The van der Waals surface area contributed by atoms with Crippen molar-refractivity contribution in [1.82, 2.24) is 10.2 Å². The van der Waals surface area contributed by atoms with Crippen molar-refractivity contribution in [2.75, 3.05) is 19.7 Å². The number of amides is 2. The molecule has 0 aliphatic carbocycles. The smallest absolute Gasteiger partial charge is 0.414 e. The van der Waals surface area contributed by atoms with Gasteiger partial charge in [-0.05, 0) is 50.9 Å². The zero-order valence-electron chi connectivity index (χ0n) is 14.0. The minimum absolute atomic E-state index is 0.208. The van der Waals surface area contributed by atoms with Crippen molar-refractivity contribution in [2.45, 2.75) is 38.1 Å². The van der Waals surface area contributed by atoms with Gasteiger partial charge in [0.2, 0.25) is 0 Å². The second-order valence-corrected chi connectivity index (χ2v) is 6.65. The highest BCUT2D eigenvalue weighted by Gasteiger charge is 2.33. The summed E-state index contributed by atoms with van der Waals surface area (Å²) in [6.07, 6.45) is 4.54. The SMILES string of the molecule is O=C(NC(=O)c1c(F)cccc1F)OC[C@H]1CCCN2CCCC[C@@H]12. The van der Waals surface area contributed by atoms with E-state index >= 15 is 0 Å². The van der Waals surface area contributed by atoms with Crippen LogP contribution in [0.1, 0.15) is 42.5 Å². The van der Waals surface area contributed by atoms with Crippen molar-refractivity contribution in [3.8, 4) is 0 Å². The average molecular weight is 352 g/mol. The fourth-order valence-corrected chi connectivity index (χ4v) is 3.86. The minimum Gasteiger partial charge on any atom is -0.449 e. The van der Waals surface area contributed by atoms with Crippen LogP contribution in [0.25, 0.3) is 0 Å². The fraction of sp³-hybridized carbons (Fsp3) is 0.556. The van der Waals surface area contributed by atoms with Crippen LogP contribution >= 0.6 is 0 Å². The zero-order chi connectivity index (χ0) is 17.8. The predicted molar refractivity (Wildman–Crippen MR) is 87.1 cm³/mol. The number of fused-ring (bicyclic) bond motifs is 1. The molecule has 2 atom stereocenters. The molecule has 2 aliphatic heterocycles. The van der Waals surface area contributed by atoms with Crippen LogP contribution in [-0.2, 0) is 4.74 Å². The first-order valence-corrected chi connectivity index (χ1v) is 8.72. The van der Waals surface area contributed by atoms with Crippen LogP contribution in [-0.4, -0.2) is 42.6 Å². The lowest BCUT2D eigenvalue weighted by Gasteiger charge is -2.44. The normalized spacial score (nSPS) is 23.6. The molecular formula is C18H22F2N2O3. The van der Waals surface area contributed by atoms with E-state index in [0.29, 0.717) is 6.04 Å². The summed E-state index contributed by atoms with van der Waals surface area (Å²) in [5.74, 6) is -2.94. The lowest BCUT2D eigenvalue weighted by Crippen LogP contribution is -2.49. The van der Waals surface area contributed by atoms with Crippen molar-refractivity contribution >= 4 is 12.0 Å². The molecule has 5 nitrogen and oxygen atoms in total. The van der Waals surface area contributed by atoms with Gasteiger partial charge in [-0.15, -0.1) is 0 Å². The van der Waals surface area contributed by atoms with Gasteiger partial charge in [-0.3, -0.25) is 15.0 Å². The van der Waals surface area contributed by atoms with Crippen molar-refractivity contribution in [3.63, 3.8) is 0 Å². The quantitative estimate of drug-likeness (QED) is 0.908. The Morgan fingerprint density at radius 2 is 1.84 bits per heavy atom. The Balaban J connectivity index is 1.53. The fourth-order valence-electron chi connectivity index (χ4n) is 3.86. The average Bonchev–Trinajstić information content (AvgIpc) is 2.59. The van der Waals surface area contributed by atoms with E-state index in [2.05, 4.69) is 4.90 Å². The summed E-state index contributed by atoms with van der Waals surface area (Å²) in [4.78, 5) is 26.2. The Kier molecular flexibility index (Phi) is 5.63. The molecule has 0 radical (unpaired) electrons. The molecule has 25 heavy (non-hydrogen) atoms. The van der Waals surface area contributed by atoms with Crippen LogP contribution in [0.5, 0.6) is 0 Å². The van der Waals surface area contributed by atoms with Gasteiger partial charge >= 0.3 is 6.09 Å². The monoisotopic (exact) mass is 352 g/mol. The molecule has 0 saturated carbocycles. The summed E-state index contributed by atoms with van der Waals surface area (Å²) in [6.45, 7) is 2.37. The van der Waals surface area contributed by atoms with Crippen molar-refractivity contribution < 1.29 is 23.1 Å². The number of piperidine rings is 2. The minimum atomic E-state index is -1.14. The zero-order valence-corrected chi connectivity index (χ0v) is 14.0. The Morgan fingerprint density at radius 1 is 1.12 bits per heavy atom. The molecule has 2 amide bonds. The van der Waals surface area contributed by atoms with Gasteiger partial charge in [0, 0.05) is 12.0 Å². The highest BCUT2D eigenvalue weighted by molar-refractivity contribution is 6.03. The van der Waals surface area contributed by atoms with Gasteiger partial charge in [-0.25, -0.2) is 13.6 Å². The maximum absolute atomic E-state index is 13.6. The van der Waals surface area contributed by atoms with Gasteiger partial charge in [-0.2, -0.15) is 0 Å². The molecule has 136 valence electrons.